The van der Waals surface area contributed by atoms with Crippen molar-refractivity contribution in [1.82, 2.24) is 0 Å². The van der Waals surface area contributed by atoms with E-state index in [9.17, 15) is 24.2 Å². The molecule has 0 fully saturated rings. The second-order valence-electron chi connectivity index (χ2n) is 5.68. The number of carbonyl (C=O) groups excluding carboxylic acids is 1. The number of ether oxygens (including phenoxy) is 2. The van der Waals surface area contributed by atoms with Crippen molar-refractivity contribution in [2.45, 2.75) is 24.7 Å². The molecule has 0 atom stereocenters. The summed E-state index contributed by atoms with van der Waals surface area (Å²) in [4.78, 5) is 9.80. The van der Waals surface area contributed by atoms with Crippen LogP contribution in [0.25, 0.3) is 0 Å². The molecule has 3 nitrogen and oxygen atoms in total. The molecule has 27 heavy (non-hydrogen) atoms. The Morgan fingerprint density at radius 2 is 1.59 bits per heavy atom. The van der Waals surface area contributed by atoms with Crippen LogP contribution in [0, 0.1) is 0 Å². The van der Waals surface area contributed by atoms with Gasteiger partial charge in [-0.3, -0.25) is 0 Å². The van der Waals surface area contributed by atoms with Crippen molar-refractivity contribution < 1.29 is 33.7 Å². The highest BCUT2D eigenvalue weighted by Crippen LogP contribution is 3.02. The van der Waals surface area contributed by atoms with Gasteiger partial charge in [0.1, 0.15) is 16.4 Å². The van der Waals surface area contributed by atoms with Crippen molar-refractivity contribution >= 4 is 27.8 Å². The zero-order chi connectivity index (χ0) is 20.4. The molecule has 0 spiro atoms. The summed E-state index contributed by atoms with van der Waals surface area (Å²) in [6.07, 6.45) is 1.84. The van der Waals surface area contributed by atoms with E-state index < -0.39 is 26.1 Å². The van der Waals surface area contributed by atoms with Crippen LogP contribution in [-0.4, -0.2) is 12.6 Å². The van der Waals surface area contributed by atoms with Gasteiger partial charge in [-0.05, 0) is 42.8 Å². The molecule has 0 N–H and O–H groups in total. The van der Waals surface area contributed by atoms with E-state index in [0.29, 0.717) is 24.5 Å². The average Bonchev–Trinajstić information content (AvgIpc) is 2.53. The Hall–Kier alpha value is -2.00. The van der Waals surface area contributed by atoms with E-state index in [1.807, 2.05) is 6.92 Å². The van der Waals surface area contributed by atoms with Gasteiger partial charge in [0.2, 0.25) is 0 Å². The van der Waals surface area contributed by atoms with Crippen LogP contribution >= 0.6 is 21.8 Å². The predicted molar refractivity (Wildman–Crippen MR) is 94.7 cm³/mol. The molecule has 0 aliphatic carbocycles. The number of hydrogen-bond donors (Lipinski definition) is 0. The number of halogens is 6. The molecule has 0 aliphatic heterocycles. The Morgan fingerprint density at radius 1 is 1.00 bits per heavy atom. The second kappa shape index (κ2) is 6.87. The number of rotatable bonds is 7. The minimum Gasteiger partial charge on any atom is -0.494 e. The molecule has 0 aromatic heterocycles. The highest BCUT2D eigenvalue weighted by atomic mass is 35.5. The van der Waals surface area contributed by atoms with E-state index in [2.05, 4.69) is 0 Å². The first kappa shape index (κ1) is 21.3. The minimum absolute atomic E-state index is 0.0944. The maximum absolute atomic E-state index is 12.8. The van der Waals surface area contributed by atoms with E-state index in [1.54, 1.807) is 0 Å². The smallest absolute Gasteiger partial charge is 0.343 e. The standard InChI is InChI=1S/C17H16ClF5O3S/c1-2-3-10-25-13-6-4-12(5-7-13)17(24)26-14-8-9-16(15(18)11-14)27(19,20,21,22)23/h4-9,11H,2-3,10H2,1H3. The molecule has 0 saturated carbocycles. The van der Waals surface area contributed by atoms with Crippen LogP contribution in [-0.2, 0) is 0 Å². The third-order valence-electron chi connectivity index (χ3n) is 3.39. The van der Waals surface area contributed by atoms with Crippen LogP contribution < -0.4 is 9.47 Å². The summed E-state index contributed by atoms with van der Waals surface area (Å²) in [7, 11) is -9.92. The van der Waals surface area contributed by atoms with Gasteiger partial charge in [0.25, 0.3) is 0 Å². The number of benzene rings is 2. The number of carbonyl (C=O) groups is 1. The normalized spacial score (nSPS) is 14.2. The summed E-state index contributed by atoms with van der Waals surface area (Å²) < 4.78 is 74.4. The van der Waals surface area contributed by atoms with Gasteiger partial charge in [0, 0.05) is 6.07 Å². The summed E-state index contributed by atoms with van der Waals surface area (Å²) in [5.41, 5.74) is 0.103. The average molecular weight is 431 g/mol. The first-order valence-corrected chi connectivity index (χ1v) is 10.1. The quantitative estimate of drug-likeness (QED) is 0.199. The Labute approximate surface area is 157 Å². The van der Waals surface area contributed by atoms with Crippen molar-refractivity contribution in [2.24, 2.45) is 0 Å². The lowest BCUT2D eigenvalue weighted by Crippen LogP contribution is -2.10. The monoisotopic (exact) mass is 430 g/mol. The van der Waals surface area contributed by atoms with Gasteiger partial charge in [-0.15, -0.1) is 0 Å². The molecule has 0 unspecified atom stereocenters. The van der Waals surface area contributed by atoms with Crippen molar-refractivity contribution in [3.8, 4) is 11.5 Å². The van der Waals surface area contributed by atoms with Crippen LogP contribution in [0.4, 0.5) is 19.4 Å². The maximum Gasteiger partial charge on any atom is 0.343 e. The van der Waals surface area contributed by atoms with Gasteiger partial charge < -0.3 is 9.47 Å². The van der Waals surface area contributed by atoms with Gasteiger partial charge in [-0.1, -0.05) is 44.4 Å². The molecule has 0 saturated heterocycles. The molecular weight excluding hydrogens is 415 g/mol. The highest BCUT2D eigenvalue weighted by Gasteiger charge is 2.66. The maximum atomic E-state index is 12.8. The van der Waals surface area contributed by atoms with Crippen LogP contribution in [0.2, 0.25) is 5.02 Å². The summed E-state index contributed by atoms with van der Waals surface area (Å²) >= 11 is 5.33. The van der Waals surface area contributed by atoms with E-state index in [-0.39, 0.29) is 17.4 Å². The van der Waals surface area contributed by atoms with Gasteiger partial charge in [-0.2, -0.15) is 0 Å². The fourth-order valence-corrected chi connectivity index (χ4v) is 3.41. The second-order valence-corrected chi connectivity index (χ2v) is 8.46. The van der Waals surface area contributed by atoms with E-state index >= 15 is 0 Å². The lowest BCUT2D eigenvalue weighted by atomic mass is 10.2. The molecule has 0 amide bonds. The first-order chi connectivity index (χ1) is 12.3. The van der Waals surface area contributed by atoms with Crippen molar-refractivity contribution in [1.29, 1.82) is 0 Å². The minimum atomic E-state index is -9.92. The third kappa shape index (κ3) is 6.00. The molecule has 0 radical (unpaired) electrons. The molecule has 0 heterocycles. The molecule has 10 heteroatoms. The van der Waals surface area contributed by atoms with Crippen LogP contribution in [0.5, 0.6) is 11.5 Å². The summed E-state index contributed by atoms with van der Waals surface area (Å²) in [5.74, 6) is -0.728. The zero-order valence-electron chi connectivity index (χ0n) is 14.1. The SMILES string of the molecule is CCCCOc1ccc(C(=O)Oc2ccc(S(F)(F)(F)(F)F)c(Cl)c2)cc1. The van der Waals surface area contributed by atoms with E-state index in [1.165, 1.54) is 24.3 Å². The predicted octanol–water partition coefficient (Wildman–Crippen LogP) is 7.40. The Morgan fingerprint density at radius 3 is 2.11 bits per heavy atom. The molecule has 2 aromatic carbocycles. The van der Waals surface area contributed by atoms with Gasteiger partial charge >= 0.3 is 16.2 Å². The lowest BCUT2D eigenvalue weighted by molar-refractivity contribution is 0.0734. The van der Waals surface area contributed by atoms with E-state index in [4.69, 9.17) is 21.1 Å². The molecule has 2 rings (SSSR count). The molecule has 2 aromatic rings. The largest absolute Gasteiger partial charge is 0.494 e. The van der Waals surface area contributed by atoms with Crippen molar-refractivity contribution in [3.05, 3.63) is 53.1 Å². The number of hydrogen-bond acceptors (Lipinski definition) is 3. The zero-order valence-corrected chi connectivity index (χ0v) is 15.6. The van der Waals surface area contributed by atoms with Gasteiger partial charge in [0.15, 0.2) is 0 Å². The molecule has 150 valence electrons. The summed E-state index contributed by atoms with van der Waals surface area (Å²) in [6.45, 7) is 2.54. The van der Waals surface area contributed by atoms with E-state index in [0.717, 1.165) is 12.8 Å². The third-order valence-corrected chi connectivity index (χ3v) is 5.00. The lowest BCUT2D eigenvalue weighted by Gasteiger charge is -2.41. The Kier molecular flexibility index (Phi) is 5.42. The molecule has 0 aliphatic rings. The van der Waals surface area contributed by atoms with Crippen LogP contribution in [0.3, 0.4) is 0 Å². The van der Waals surface area contributed by atoms with Crippen molar-refractivity contribution in [3.63, 3.8) is 0 Å². The Balaban J connectivity index is 2.11. The van der Waals surface area contributed by atoms with Crippen molar-refractivity contribution in [2.75, 3.05) is 6.61 Å². The Bertz CT molecular complexity index is 839. The number of unbranched alkanes of at least 4 members (excludes halogenated alkanes) is 1. The topological polar surface area (TPSA) is 35.5 Å². The summed E-state index contributed by atoms with van der Waals surface area (Å²) in [5, 5.41) is -1.25. The first-order valence-electron chi connectivity index (χ1n) is 7.79. The molecule has 0 bridgehead atoms. The summed E-state index contributed by atoms with van der Waals surface area (Å²) in [6, 6.07) is 7.13. The van der Waals surface area contributed by atoms with Crippen LogP contribution in [0.15, 0.2) is 47.4 Å². The van der Waals surface area contributed by atoms with Crippen LogP contribution in [0.1, 0.15) is 30.1 Å². The number of esters is 1. The highest BCUT2D eigenvalue weighted by molar-refractivity contribution is 8.45. The fourth-order valence-electron chi connectivity index (χ4n) is 2.05. The molecular formula is C17H16ClF5O3S. The fraction of sp³-hybridized carbons (Fsp3) is 0.235. The van der Waals surface area contributed by atoms with Gasteiger partial charge in [-0.25, -0.2) is 4.79 Å². The van der Waals surface area contributed by atoms with Gasteiger partial charge in [0.05, 0.1) is 17.2 Å².